The molecule has 0 aromatic heterocycles. The van der Waals surface area contributed by atoms with Crippen molar-refractivity contribution in [1.29, 1.82) is 0 Å². The van der Waals surface area contributed by atoms with Crippen molar-refractivity contribution in [3.63, 3.8) is 0 Å². The molecule has 1 aromatic carbocycles. The largest absolute Gasteiger partial charge is 0.493 e. The maximum Gasteiger partial charge on any atom is 0.225 e. The number of amides is 1. The van der Waals surface area contributed by atoms with E-state index in [2.05, 4.69) is 5.32 Å². The monoisotopic (exact) mass is 274 g/mol. The highest BCUT2D eigenvalue weighted by atomic mass is 35.5. The van der Waals surface area contributed by atoms with E-state index >= 15 is 0 Å². The Balaban J connectivity index is 0.00000289. The molecule has 0 spiro atoms. The van der Waals surface area contributed by atoms with Crippen molar-refractivity contribution in [1.82, 2.24) is 0 Å². The zero-order valence-electron chi connectivity index (χ0n) is 10.8. The molecule has 0 heterocycles. The number of nitrogens with one attached hydrogen (secondary N) is 1. The van der Waals surface area contributed by atoms with Gasteiger partial charge in [-0.15, -0.1) is 12.4 Å². The first-order chi connectivity index (χ1) is 8.12. The number of anilines is 1. The number of aryl methyl sites for hydroxylation is 1. The van der Waals surface area contributed by atoms with Gasteiger partial charge in [-0.3, -0.25) is 4.79 Å². The van der Waals surface area contributed by atoms with Crippen molar-refractivity contribution >= 4 is 24.0 Å². The van der Waals surface area contributed by atoms with Crippen LogP contribution in [0.2, 0.25) is 0 Å². The van der Waals surface area contributed by atoms with Crippen molar-refractivity contribution < 1.29 is 14.3 Å². The summed E-state index contributed by atoms with van der Waals surface area (Å²) in [5.74, 6) is 1.12. The predicted molar refractivity (Wildman–Crippen MR) is 73.8 cm³/mol. The SMILES string of the molecule is COc1cc(C)c(NC(=O)CCN)cc1OC.Cl. The van der Waals surface area contributed by atoms with Crippen LogP contribution < -0.4 is 20.5 Å². The summed E-state index contributed by atoms with van der Waals surface area (Å²) < 4.78 is 10.3. The topological polar surface area (TPSA) is 73.6 Å². The zero-order valence-corrected chi connectivity index (χ0v) is 11.6. The highest BCUT2D eigenvalue weighted by Crippen LogP contribution is 2.32. The summed E-state index contributed by atoms with van der Waals surface area (Å²) in [7, 11) is 3.13. The normalized spacial score (nSPS) is 9.33. The number of benzene rings is 1. The summed E-state index contributed by atoms with van der Waals surface area (Å²) in [6, 6.07) is 3.56. The quantitative estimate of drug-likeness (QED) is 0.857. The molecule has 1 rings (SSSR count). The summed E-state index contributed by atoms with van der Waals surface area (Å²) in [4.78, 5) is 11.5. The Labute approximate surface area is 113 Å². The van der Waals surface area contributed by atoms with Crippen molar-refractivity contribution in [2.24, 2.45) is 5.73 Å². The molecule has 18 heavy (non-hydrogen) atoms. The van der Waals surface area contributed by atoms with Crippen LogP contribution in [-0.2, 0) is 4.79 Å². The van der Waals surface area contributed by atoms with Gasteiger partial charge in [-0.1, -0.05) is 0 Å². The van der Waals surface area contributed by atoms with Crippen LogP contribution in [0.15, 0.2) is 12.1 Å². The molecule has 0 atom stereocenters. The number of ether oxygens (including phenoxy) is 2. The van der Waals surface area contributed by atoms with Gasteiger partial charge in [0.1, 0.15) is 0 Å². The number of hydrogen-bond acceptors (Lipinski definition) is 4. The van der Waals surface area contributed by atoms with E-state index in [0.717, 1.165) is 5.56 Å². The van der Waals surface area contributed by atoms with E-state index < -0.39 is 0 Å². The maximum atomic E-state index is 11.5. The highest BCUT2D eigenvalue weighted by Gasteiger charge is 2.10. The van der Waals surface area contributed by atoms with Gasteiger partial charge < -0.3 is 20.5 Å². The van der Waals surface area contributed by atoms with Gasteiger partial charge in [0, 0.05) is 24.7 Å². The van der Waals surface area contributed by atoms with Crippen LogP contribution in [0.25, 0.3) is 0 Å². The number of carbonyl (C=O) groups excluding carboxylic acids is 1. The van der Waals surface area contributed by atoms with Gasteiger partial charge >= 0.3 is 0 Å². The van der Waals surface area contributed by atoms with Crippen LogP contribution in [0.5, 0.6) is 11.5 Å². The average Bonchev–Trinajstić information content (AvgIpc) is 2.31. The highest BCUT2D eigenvalue weighted by molar-refractivity contribution is 5.92. The number of rotatable bonds is 5. The molecule has 0 saturated heterocycles. The third kappa shape index (κ3) is 4.09. The Morgan fingerprint density at radius 2 is 1.83 bits per heavy atom. The number of halogens is 1. The van der Waals surface area contributed by atoms with E-state index in [1.165, 1.54) is 0 Å². The third-order valence-corrected chi connectivity index (χ3v) is 2.38. The number of hydrogen-bond donors (Lipinski definition) is 2. The average molecular weight is 275 g/mol. The molecule has 0 saturated carbocycles. The van der Waals surface area contributed by atoms with E-state index in [0.29, 0.717) is 30.2 Å². The van der Waals surface area contributed by atoms with Gasteiger partial charge in [0.2, 0.25) is 5.91 Å². The van der Waals surface area contributed by atoms with Gasteiger partial charge in [-0.05, 0) is 18.6 Å². The second kappa shape index (κ2) is 7.79. The van der Waals surface area contributed by atoms with Crippen molar-refractivity contribution in [2.75, 3.05) is 26.1 Å². The Bertz CT molecular complexity index is 411. The predicted octanol–water partition coefficient (Wildman–Crippen LogP) is 1.72. The molecule has 6 heteroatoms. The molecule has 0 bridgehead atoms. The Morgan fingerprint density at radius 1 is 1.28 bits per heavy atom. The number of carbonyl (C=O) groups is 1. The minimum Gasteiger partial charge on any atom is -0.493 e. The summed E-state index contributed by atoms with van der Waals surface area (Å²) in [6.07, 6.45) is 0.299. The van der Waals surface area contributed by atoms with Gasteiger partial charge in [0.05, 0.1) is 14.2 Å². The number of methoxy groups -OCH3 is 2. The van der Waals surface area contributed by atoms with Gasteiger partial charge in [-0.25, -0.2) is 0 Å². The van der Waals surface area contributed by atoms with Gasteiger partial charge in [-0.2, -0.15) is 0 Å². The molecule has 0 fully saturated rings. The lowest BCUT2D eigenvalue weighted by molar-refractivity contribution is -0.116. The van der Waals surface area contributed by atoms with Crippen LogP contribution in [0.3, 0.4) is 0 Å². The van der Waals surface area contributed by atoms with Crippen molar-refractivity contribution in [3.05, 3.63) is 17.7 Å². The fourth-order valence-corrected chi connectivity index (χ4v) is 1.46. The van der Waals surface area contributed by atoms with Crippen LogP contribution in [-0.4, -0.2) is 26.7 Å². The summed E-state index contributed by atoms with van der Waals surface area (Å²) in [5.41, 5.74) is 6.94. The second-order valence-corrected chi connectivity index (χ2v) is 3.61. The van der Waals surface area contributed by atoms with E-state index in [1.807, 2.05) is 13.0 Å². The summed E-state index contributed by atoms with van der Waals surface area (Å²) in [5, 5.41) is 2.78. The molecule has 5 nitrogen and oxygen atoms in total. The molecule has 0 aliphatic heterocycles. The Morgan fingerprint density at radius 3 is 2.33 bits per heavy atom. The lowest BCUT2D eigenvalue weighted by Gasteiger charge is -2.13. The smallest absolute Gasteiger partial charge is 0.225 e. The molecule has 102 valence electrons. The molecule has 0 unspecified atom stereocenters. The summed E-state index contributed by atoms with van der Waals surface area (Å²) >= 11 is 0. The van der Waals surface area contributed by atoms with Gasteiger partial charge in [0.15, 0.2) is 11.5 Å². The van der Waals surface area contributed by atoms with E-state index in [1.54, 1.807) is 20.3 Å². The Kier molecular flexibility index (Phi) is 7.16. The van der Waals surface area contributed by atoms with Crippen LogP contribution in [0.4, 0.5) is 5.69 Å². The second-order valence-electron chi connectivity index (χ2n) is 3.61. The standard InChI is InChI=1S/C12H18N2O3.ClH/c1-8-6-10(16-2)11(17-3)7-9(8)14-12(15)4-5-13;/h6-7H,4-5,13H2,1-3H3,(H,14,15);1H. The van der Waals surface area contributed by atoms with Crippen LogP contribution >= 0.6 is 12.4 Å². The first kappa shape index (κ1) is 16.5. The Hall–Kier alpha value is -1.46. The van der Waals surface area contributed by atoms with Crippen LogP contribution in [0, 0.1) is 6.92 Å². The van der Waals surface area contributed by atoms with Crippen molar-refractivity contribution in [2.45, 2.75) is 13.3 Å². The maximum absolute atomic E-state index is 11.5. The first-order valence-electron chi connectivity index (χ1n) is 5.35. The van der Waals surface area contributed by atoms with E-state index in [4.69, 9.17) is 15.2 Å². The van der Waals surface area contributed by atoms with E-state index in [9.17, 15) is 4.79 Å². The lowest BCUT2D eigenvalue weighted by atomic mass is 10.1. The molecule has 3 N–H and O–H groups in total. The summed E-state index contributed by atoms with van der Waals surface area (Å²) in [6.45, 7) is 2.22. The van der Waals surface area contributed by atoms with Gasteiger partial charge in [0.25, 0.3) is 0 Å². The molecule has 0 aliphatic carbocycles. The zero-order chi connectivity index (χ0) is 12.8. The lowest BCUT2D eigenvalue weighted by Crippen LogP contribution is -2.16. The molecule has 0 radical (unpaired) electrons. The fraction of sp³-hybridized carbons (Fsp3) is 0.417. The molecular formula is C12H19ClN2O3. The molecule has 1 aromatic rings. The minimum absolute atomic E-state index is 0. The fourth-order valence-electron chi connectivity index (χ4n) is 1.46. The first-order valence-corrected chi connectivity index (χ1v) is 5.35. The van der Waals surface area contributed by atoms with Crippen LogP contribution in [0.1, 0.15) is 12.0 Å². The number of nitrogens with two attached hydrogens (primary N) is 1. The minimum atomic E-state index is -0.109. The van der Waals surface area contributed by atoms with E-state index in [-0.39, 0.29) is 18.3 Å². The molecule has 1 amide bonds. The molecular weight excluding hydrogens is 256 g/mol. The molecule has 0 aliphatic rings. The third-order valence-electron chi connectivity index (χ3n) is 2.38. The van der Waals surface area contributed by atoms with Crippen molar-refractivity contribution in [3.8, 4) is 11.5 Å².